The maximum absolute atomic E-state index is 5.72. The molecule has 0 amide bonds. The lowest BCUT2D eigenvalue weighted by Crippen LogP contribution is -1.95. The maximum Gasteiger partial charge on any atom is 0.133 e. The van der Waals surface area contributed by atoms with Crippen LogP contribution >= 0.6 is 15.9 Å². The molecule has 20 heavy (non-hydrogen) atoms. The molecule has 0 aromatic heterocycles. The van der Waals surface area contributed by atoms with Gasteiger partial charge < -0.3 is 14.2 Å². The molecule has 0 aliphatic rings. The number of methoxy groups -OCH3 is 2. The smallest absolute Gasteiger partial charge is 0.133 e. The van der Waals surface area contributed by atoms with Crippen LogP contribution in [0.2, 0.25) is 0 Å². The highest BCUT2D eigenvalue weighted by Crippen LogP contribution is 2.26. The second kappa shape index (κ2) is 7.31. The molecule has 0 unspecified atom stereocenters. The van der Waals surface area contributed by atoms with Gasteiger partial charge in [0.05, 0.1) is 31.9 Å². The van der Waals surface area contributed by atoms with Gasteiger partial charge in [-0.1, -0.05) is 18.2 Å². The summed E-state index contributed by atoms with van der Waals surface area (Å²) in [5.41, 5.74) is 2.19. The van der Waals surface area contributed by atoms with Gasteiger partial charge in [0.1, 0.15) is 11.5 Å². The zero-order chi connectivity index (χ0) is 14.4. The molecule has 2 aromatic rings. The summed E-state index contributed by atoms with van der Waals surface area (Å²) in [7, 11) is 3.31. The summed E-state index contributed by atoms with van der Waals surface area (Å²) in [6.07, 6.45) is 0. The molecule has 0 spiro atoms. The van der Waals surface area contributed by atoms with Crippen molar-refractivity contribution in [3.05, 3.63) is 58.1 Å². The highest BCUT2D eigenvalue weighted by molar-refractivity contribution is 9.10. The molecule has 2 rings (SSSR count). The van der Waals surface area contributed by atoms with Gasteiger partial charge in [-0.25, -0.2) is 0 Å². The minimum absolute atomic E-state index is 0.555. The second-order valence-corrected chi connectivity index (χ2v) is 5.17. The van der Waals surface area contributed by atoms with Crippen LogP contribution in [0.1, 0.15) is 11.1 Å². The fourth-order valence-electron chi connectivity index (χ4n) is 1.85. The Labute approximate surface area is 127 Å². The Kier molecular flexibility index (Phi) is 5.44. The molecule has 0 radical (unpaired) electrons. The average molecular weight is 337 g/mol. The van der Waals surface area contributed by atoms with Crippen molar-refractivity contribution in [2.75, 3.05) is 14.2 Å². The van der Waals surface area contributed by atoms with E-state index in [1.165, 1.54) is 0 Å². The molecule has 4 heteroatoms. The number of rotatable bonds is 6. The second-order valence-electron chi connectivity index (χ2n) is 4.31. The van der Waals surface area contributed by atoms with E-state index in [4.69, 9.17) is 14.2 Å². The lowest BCUT2D eigenvalue weighted by atomic mass is 10.2. The third kappa shape index (κ3) is 3.99. The molecule has 0 saturated heterocycles. The number of ether oxygens (including phenoxy) is 3. The molecule has 0 bridgehead atoms. The summed E-state index contributed by atoms with van der Waals surface area (Å²) in [4.78, 5) is 0. The minimum Gasteiger partial charge on any atom is -0.497 e. The molecule has 0 aliphatic heterocycles. The molecule has 3 nitrogen and oxygen atoms in total. The predicted molar refractivity (Wildman–Crippen MR) is 82.2 cm³/mol. The van der Waals surface area contributed by atoms with E-state index in [0.717, 1.165) is 27.1 Å². The molecular weight excluding hydrogens is 320 g/mol. The van der Waals surface area contributed by atoms with Crippen LogP contribution in [0, 0.1) is 0 Å². The van der Waals surface area contributed by atoms with Gasteiger partial charge >= 0.3 is 0 Å². The lowest BCUT2D eigenvalue weighted by Gasteiger charge is -2.08. The van der Waals surface area contributed by atoms with Crippen LogP contribution in [0.25, 0.3) is 0 Å². The van der Waals surface area contributed by atoms with Crippen molar-refractivity contribution < 1.29 is 14.2 Å². The predicted octanol–water partition coefficient (Wildman–Crippen LogP) is 4.18. The van der Waals surface area contributed by atoms with Crippen LogP contribution in [0.3, 0.4) is 0 Å². The van der Waals surface area contributed by atoms with E-state index in [1.807, 2.05) is 42.5 Å². The van der Waals surface area contributed by atoms with E-state index in [0.29, 0.717) is 13.2 Å². The fourth-order valence-corrected chi connectivity index (χ4v) is 2.44. The largest absolute Gasteiger partial charge is 0.497 e. The first-order valence-electron chi connectivity index (χ1n) is 6.26. The van der Waals surface area contributed by atoms with Gasteiger partial charge in [0, 0.05) is 0 Å². The maximum atomic E-state index is 5.72. The van der Waals surface area contributed by atoms with Gasteiger partial charge in [-0.3, -0.25) is 0 Å². The Morgan fingerprint density at radius 3 is 2.30 bits per heavy atom. The van der Waals surface area contributed by atoms with Gasteiger partial charge in [-0.2, -0.15) is 0 Å². The molecule has 0 heterocycles. The van der Waals surface area contributed by atoms with Crippen molar-refractivity contribution in [2.45, 2.75) is 13.2 Å². The van der Waals surface area contributed by atoms with Crippen LogP contribution in [0.4, 0.5) is 0 Å². The molecule has 0 aliphatic carbocycles. The molecule has 106 valence electrons. The zero-order valence-corrected chi connectivity index (χ0v) is 13.1. The van der Waals surface area contributed by atoms with E-state index in [-0.39, 0.29) is 0 Å². The van der Waals surface area contributed by atoms with Crippen LogP contribution in [0.5, 0.6) is 11.5 Å². The molecule has 2 aromatic carbocycles. The third-order valence-corrected chi connectivity index (χ3v) is 3.51. The van der Waals surface area contributed by atoms with Gasteiger partial charge in [0.2, 0.25) is 0 Å². The monoisotopic (exact) mass is 336 g/mol. The Morgan fingerprint density at radius 1 is 0.900 bits per heavy atom. The van der Waals surface area contributed by atoms with E-state index in [9.17, 15) is 0 Å². The molecular formula is C16H17BrO3. The highest BCUT2D eigenvalue weighted by atomic mass is 79.9. The van der Waals surface area contributed by atoms with Crippen LogP contribution in [-0.4, -0.2) is 14.2 Å². The van der Waals surface area contributed by atoms with Crippen molar-refractivity contribution in [3.8, 4) is 11.5 Å². The summed E-state index contributed by atoms with van der Waals surface area (Å²) in [5, 5.41) is 0. The van der Waals surface area contributed by atoms with Gasteiger partial charge in [-0.05, 0) is 51.3 Å². The van der Waals surface area contributed by atoms with Crippen LogP contribution in [-0.2, 0) is 18.0 Å². The lowest BCUT2D eigenvalue weighted by molar-refractivity contribution is 0.107. The Balaban J connectivity index is 1.90. The Morgan fingerprint density at radius 2 is 1.65 bits per heavy atom. The summed E-state index contributed by atoms with van der Waals surface area (Å²) >= 11 is 3.47. The minimum atomic E-state index is 0.555. The standard InChI is InChI=1S/C16H17BrO3/c1-18-14-5-3-4-12(8-14)10-20-11-13-6-7-16(19-2)15(17)9-13/h3-9H,10-11H2,1-2H3. The topological polar surface area (TPSA) is 27.7 Å². The van der Waals surface area contributed by atoms with E-state index < -0.39 is 0 Å². The van der Waals surface area contributed by atoms with Crippen molar-refractivity contribution in [3.63, 3.8) is 0 Å². The Hall–Kier alpha value is -1.52. The zero-order valence-electron chi connectivity index (χ0n) is 11.6. The Bertz CT molecular complexity index is 569. The number of benzene rings is 2. The van der Waals surface area contributed by atoms with Gasteiger partial charge in [0.25, 0.3) is 0 Å². The SMILES string of the molecule is COc1cccc(COCc2ccc(OC)c(Br)c2)c1. The fraction of sp³-hybridized carbons (Fsp3) is 0.250. The quantitative estimate of drug-likeness (QED) is 0.791. The highest BCUT2D eigenvalue weighted by Gasteiger charge is 2.02. The van der Waals surface area contributed by atoms with Crippen molar-refractivity contribution in [2.24, 2.45) is 0 Å². The summed E-state index contributed by atoms with van der Waals surface area (Å²) in [6, 6.07) is 13.8. The summed E-state index contributed by atoms with van der Waals surface area (Å²) in [6.45, 7) is 1.11. The number of halogens is 1. The van der Waals surface area contributed by atoms with Crippen molar-refractivity contribution in [1.82, 2.24) is 0 Å². The first-order valence-corrected chi connectivity index (χ1v) is 7.05. The van der Waals surface area contributed by atoms with Crippen LogP contribution < -0.4 is 9.47 Å². The number of hydrogen-bond acceptors (Lipinski definition) is 3. The van der Waals surface area contributed by atoms with E-state index in [1.54, 1.807) is 14.2 Å². The first kappa shape index (κ1) is 14.9. The molecule has 0 N–H and O–H groups in total. The average Bonchev–Trinajstić information content (AvgIpc) is 2.48. The third-order valence-electron chi connectivity index (χ3n) is 2.89. The van der Waals surface area contributed by atoms with Gasteiger partial charge in [-0.15, -0.1) is 0 Å². The van der Waals surface area contributed by atoms with Crippen molar-refractivity contribution in [1.29, 1.82) is 0 Å². The van der Waals surface area contributed by atoms with E-state index in [2.05, 4.69) is 15.9 Å². The first-order chi connectivity index (χ1) is 9.72. The molecule has 0 fully saturated rings. The normalized spacial score (nSPS) is 10.3. The van der Waals surface area contributed by atoms with Crippen LogP contribution in [0.15, 0.2) is 46.9 Å². The van der Waals surface area contributed by atoms with Crippen molar-refractivity contribution >= 4 is 15.9 Å². The number of hydrogen-bond donors (Lipinski definition) is 0. The van der Waals surface area contributed by atoms with E-state index >= 15 is 0 Å². The summed E-state index contributed by atoms with van der Waals surface area (Å²) in [5.74, 6) is 1.67. The molecule has 0 atom stereocenters. The molecule has 0 saturated carbocycles. The summed E-state index contributed by atoms with van der Waals surface area (Å²) < 4.78 is 17.0. The van der Waals surface area contributed by atoms with Gasteiger partial charge in [0.15, 0.2) is 0 Å².